The third-order valence-electron chi connectivity index (χ3n) is 3.05. The topological polar surface area (TPSA) is 41.5 Å². The smallest absolute Gasteiger partial charge is 0.118 e. The van der Waals surface area contributed by atoms with Crippen molar-refractivity contribution in [2.45, 2.75) is 25.5 Å². The molecule has 3 heteroatoms. The van der Waals surface area contributed by atoms with Crippen LogP contribution in [0.2, 0.25) is 0 Å². The van der Waals surface area contributed by atoms with Gasteiger partial charge in [0.15, 0.2) is 0 Å². The zero-order chi connectivity index (χ0) is 14.3. The van der Waals surface area contributed by atoms with Crippen LogP contribution in [0.1, 0.15) is 12.5 Å². The highest BCUT2D eigenvalue weighted by atomic mass is 16.5. The molecule has 1 aromatic rings. The summed E-state index contributed by atoms with van der Waals surface area (Å²) in [5, 5.41) is 13.0. The fourth-order valence-corrected chi connectivity index (χ4v) is 1.77. The summed E-state index contributed by atoms with van der Waals surface area (Å²) in [4.78, 5) is 0. The number of rotatable bonds is 8. The molecule has 2 atom stereocenters. The van der Waals surface area contributed by atoms with E-state index >= 15 is 0 Å². The van der Waals surface area contributed by atoms with E-state index in [2.05, 4.69) is 37.5 Å². The minimum atomic E-state index is -0.573. The summed E-state index contributed by atoms with van der Waals surface area (Å²) >= 11 is 0. The Hall–Kier alpha value is -1.58. The van der Waals surface area contributed by atoms with Crippen molar-refractivity contribution in [3.8, 4) is 5.75 Å². The van der Waals surface area contributed by atoms with Gasteiger partial charge in [0.2, 0.25) is 0 Å². The van der Waals surface area contributed by atoms with Gasteiger partial charge in [0, 0.05) is 12.6 Å². The molecule has 0 fully saturated rings. The average Bonchev–Trinajstić information content (AvgIpc) is 2.44. The first kappa shape index (κ1) is 15.5. The lowest BCUT2D eigenvalue weighted by Gasteiger charge is -2.17. The second kappa shape index (κ2) is 7.77. The van der Waals surface area contributed by atoms with Crippen LogP contribution < -0.4 is 10.1 Å². The Kier molecular flexibility index (Phi) is 6.33. The highest BCUT2D eigenvalue weighted by Crippen LogP contribution is 2.12. The molecule has 0 radical (unpaired) electrons. The minimum Gasteiger partial charge on any atom is -0.497 e. The normalized spacial score (nSPS) is 13.6. The number of hydrogen-bond donors (Lipinski definition) is 2. The molecule has 0 amide bonds. The molecule has 104 valence electrons. The lowest BCUT2D eigenvalue weighted by molar-refractivity contribution is 0.206. The third kappa shape index (κ3) is 5.28. The second-order valence-corrected chi connectivity index (χ2v) is 4.66. The minimum absolute atomic E-state index is 0.278. The molecule has 2 unspecified atom stereocenters. The number of aliphatic hydroxyl groups excluding tert-OH is 1. The fourth-order valence-electron chi connectivity index (χ4n) is 1.77. The van der Waals surface area contributed by atoms with Gasteiger partial charge in [-0.2, -0.15) is 0 Å². The highest BCUT2D eigenvalue weighted by Gasteiger charge is 2.08. The maximum absolute atomic E-state index is 9.75. The zero-order valence-electron chi connectivity index (χ0n) is 11.7. The molecular weight excluding hydrogens is 238 g/mol. The molecule has 0 bridgehead atoms. The zero-order valence-corrected chi connectivity index (χ0v) is 11.7. The van der Waals surface area contributed by atoms with Gasteiger partial charge in [-0.05, 0) is 36.6 Å². The molecule has 0 saturated heterocycles. The Labute approximate surface area is 115 Å². The summed E-state index contributed by atoms with van der Waals surface area (Å²) in [6, 6.07) is 8.29. The van der Waals surface area contributed by atoms with Crippen molar-refractivity contribution in [2.75, 3.05) is 13.7 Å². The van der Waals surface area contributed by atoms with E-state index in [4.69, 9.17) is 4.74 Å². The molecule has 0 spiro atoms. The van der Waals surface area contributed by atoms with Gasteiger partial charge in [0.05, 0.1) is 13.2 Å². The first-order valence-corrected chi connectivity index (χ1v) is 6.42. The van der Waals surface area contributed by atoms with Crippen LogP contribution in [-0.4, -0.2) is 30.9 Å². The molecule has 0 heterocycles. The molecule has 1 aromatic carbocycles. The first-order valence-electron chi connectivity index (χ1n) is 6.42. The number of hydrogen-bond acceptors (Lipinski definition) is 3. The average molecular weight is 261 g/mol. The highest BCUT2D eigenvalue weighted by molar-refractivity contribution is 5.27. The molecule has 2 N–H and O–H groups in total. The monoisotopic (exact) mass is 261 g/mol. The predicted molar refractivity (Wildman–Crippen MR) is 79.5 cm³/mol. The van der Waals surface area contributed by atoms with Crippen molar-refractivity contribution in [2.24, 2.45) is 0 Å². The van der Waals surface area contributed by atoms with E-state index in [1.54, 1.807) is 13.2 Å². The van der Waals surface area contributed by atoms with Gasteiger partial charge in [-0.1, -0.05) is 31.4 Å². The molecule has 1 rings (SSSR count). The summed E-state index contributed by atoms with van der Waals surface area (Å²) in [5.41, 5.74) is 1.88. The Morgan fingerprint density at radius 2 is 2.05 bits per heavy atom. The summed E-state index contributed by atoms with van der Waals surface area (Å²) in [5.74, 6) is 0.863. The molecule has 3 nitrogen and oxygen atoms in total. The van der Waals surface area contributed by atoms with Crippen molar-refractivity contribution in [1.82, 2.24) is 5.32 Å². The lowest BCUT2D eigenvalue weighted by atomic mass is 10.1. The Morgan fingerprint density at radius 1 is 1.42 bits per heavy atom. The Morgan fingerprint density at radius 3 is 2.58 bits per heavy atom. The fraction of sp³-hybridized carbons (Fsp3) is 0.375. The van der Waals surface area contributed by atoms with Crippen molar-refractivity contribution in [3.63, 3.8) is 0 Å². The quantitative estimate of drug-likeness (QED) is 0.706. The van der Waals surface area contributed by atoms with Crippen LogP contribution in [0.15, 0.2) is 49.1 Å². The number of ether oxygens (including phenoxy) is 1. The van der Waals surface area contributed by atoms with Crippen molar-refractivity contribution in [1.29, 1.82) is 0 Å². The molecule has 0 aromatic heterocycles. The van der Waals surface area contributed by atoms with Gasteiger partial charge in [0.1, 0.15) is 5.75 Å². The Balaban J connectivity index is 2.39. The van der Waals surface area contributed by atoms with Crippen LogP contribution in [0.5, 0.6) is 5.75 Å². The van der Waals surface area contributed by atoms with E-state index in [0.29, 0.717) is 12.1 Å². The Bertz CT molecular complexity index is 411. The van der Waals surface area contributed by atoms with Crippen LogP contribution in [0.3, 0.4) is 0 Å². The molecule has 19 heavy (non-hydrogen) atoms. The van der Waals surface area contributed by atoms with E-state index in [-0.39, 0.29) is 6.04 Å². The van der Waals surface area contributed by atoms with Crippen LogP contribution in [0.4, 0.5) is 0 Å². The summed E-state index contributed by atoms with van der Waals surface area (Å²) in [6.07, 6.45) is 1.91. The van der Waals surface area contributed by atoms with Gasteiger partial charge < -0.3 is 15.2 Å². The van der Waals surface area contributed by atoms with Gasteiger partial charge in [-0.15, -0.1) is 0 Å². The molecule has 0 aliphatic heterocycles. The van der Waals surface area contributed by atoms with Gasteiger partial charge in [-0.3, -0.25) is 0 Å². The van der Waals surface area contributed by atoms with E-state index in [1.165, 1.54) is 5.56 Å². The predicted octanol–water partition coefficient (Wildman–Crippen LogP) is 2.32. The van der Waals surface area contributed by atoms with E-state index < -0.39 is 6.10 Å². The summed E-state index contributed by atoms with van der Waals surface area (Å²) in [7, 11) is 1.66. The molecular formula is C16H23NO2. The number of methoxy groups -OCH3 is 1. The third-order valence-corrected chi connectivity index (χ3v) is 3.05. The lowest BCUT2D eigenvalue weighted by Crippen LogP contribution is -2.35. The first-order chi connectivity index (χ1) is 9.06. The van der Waals surface area contributed by atoms with Crippen molar-refractivity contribution >= 4 is 0 Å². The standard InChI is InChI=1S/C16H23NO2/c1-5-12(2)16(18)11-17-13(3)10-14-6-8-15(19-4)9-7-14/h5-9,13,16-18H,1-2,10-11H2,3-4H3. The van der Waals surface area contributed by atoms with Gasteiger partial charge in [0.25, 0.3) is 0 Å². The van der Waals surface area contributed by atoms with Crippen molar-refractivity contribution < 1.29 is 9.84 Å². The summed E-state index contributed by atoms with van der Waals surface area (Å²) < 4.78 is 5.12. The SMILES string of the molecule is C=CC(=C)C(O)CNC(C)Cc1ccc(OC)cc1. The number of aliphatic hydroxyl groups is 1. The van der Waals surface area contributed by atoms with E-state index in [9.17, 15) is 5.11 Å². The number of benzene rings is 1. The van der Waals surface area contributed by atoms with Gasteiger partial charge >= 0.3 is 0 Å². The maximum Gasteiger partial charge on any atom is 0.118 e. The second-order valence-electron chi connectivity index (χ2n) is 4.66. The largest absolute Gasteiger partial charge is 0.497 e. The van der Waals surface area contributed by atoms with Crippen LogP contribution in [-0.2, 0) is 6.42 Å². The molecule has 0 aliphatic carbocycles. The number of nitrogens with one attached hydrogen (secondary N) is 1. The molecule has 0 saturated carbocycles. The molecule has 0 aliphatic rings. The van der Waals surface area contributed by atoms with Crippen LogP contribution in [0, 0.1) is 0 Å². The maximum atomic E-state index is 9.75. The van der Waals surface area contributed by atoms with Gasteiger partial charge in [-0.25, -0.2) is 0 Å². The van der Waals surface area contributed by atoms with E-state index in [0.717, 1.165) is 12.2 Å². The summed E-state index contributed by atoms with van der Waals surface area (Å²) in [6.45, 7) is 9.91. The van der Waals surface area contributed by atoms with Crippen molar-refractivity contribution in [3.05, 3.63) is 54.6 Å². The van der Waals surface area contributed by atoms with E-state index in [1.807, 2.05) is 12.1 Å². The van der Waals surface area contributed by atoms with Crippen LogP contribution >= 0.6 is 0 Å². The van der Waals surface area contributed by atoms with Crippen LogP contribution in [0.25, 0.3) is 0 Å².